The summed E-state index contributed by atoms with van der Waals surface area (Å²) in [5, 5.41) is 3.92. The van der Waals surface area contributed by atoms with Crippen LogP contribution < -0.4 is 15.8 Å². The molecule has 0 bridgehead atoms. The van der Waals surface area contributed by atoms with Gasteiger partial charge in [-0.15, -0.1) is 0 Å². The number of nitrogens with one attached hydrogen (secondary N) is 1. The van der Waals surface area contributed by atoms with E-state index in [1.807, 2.05) is 37.3 Å². The van der Waals surface area contributed by atoms with E-state index < -0.39 is 0 Å². The van der Waals surface area contributed by atoms with E-state index in [9.17, 15) is 4.79 Å². The van der Waals surface area contributed by atoms with E-state index in [0.29, 0.717) is 29.6 Å². The molecule has 0 radical (unpaired) electrons. The van der Waals surface area contributed by atoms with Gasteiger partial charge in [-0.3, -0.25) is 4.79 Å². The SMILES string of the molecule is Cc1nc(NC(=O)CCCOc2ccccc2)sc1N. The minimum absolute atomic E-state index is 0.0737. The number of amides is 1. The van der Waals surface area contributed by atoms with Crippen LogP contribution in [0.25, 0.3) is 0 Å². The lowest BCUT2D eigenvalue weighted by Gasteiger charge is -2.05. The van der Waals surface area contributed by atoms with Gasteiger partial charge in [0.15, 0.2) is 5.13 Å². The van der Waals surface area contributed by atoms with Crippen molar-refractivity contribution in [2.24, 2.45) is 0 Å². The van der Waals surface area contributed by atoms with Gasteiger partial charge >= 0.3 is 0 Å². The highest BCUT2D eigenvalue weighted by Crippen LogP contribution is 2.24. The van der Waals surface area contributed by atoms with Crippen molar-refractivity contribution in [3.05, 3.63) is 36.0 Å². The molecule has 0 aliphatic carbocycles. The van der Waals surface area contributed by atoms with Gasteiger partial charge < -0.3 is 15.8 Å². The van der Waals surface area contributed by atoms with E-state index in [1.165, 1.54) is 11.3 Å². The fraction of sp³-hybridized carbons (Fsp3) is 0.286. The molecule has 0 saturated heterocycles. The zero-order chi connectivity index (χ0) is 14.4. The Kier molecular flexibility index (Phi) is 4.95. The molecule has 6 heteroatoms. The first kappa shape index (κ1) is 14.3. The van der Waals surface area contributed by atoms with Gasteiger partial charge in [-0.25, -0.2) is 4.98 Å². The molecule has 0 unspecified atom stereocenters. The molecule has 1 amide bonds. The number of anilines is 2. The molecule has 0 atom stereocenters. The standard InChI is InChI=1S/C14H17N3O2S/c1-10-13(15)20-14(16-10)17-12(18)8-5-9-19-11-6-3-2-4-7-11/h2-4,6-7H,5,8-9,15H2,1H3,(H,16,17,18). The number of aromatic nitrogens is 1. The number of nitrogens with two attached hydrogens (primary N) is 1. The Morgan fingerprint density at radius 2 is 2.15 bits per heavy atom. The first-order valence-corrected chi connectivity index (χ1v) is 7.17. The van der Waals surface area contributed by atoms with Crippen LogP contribution in [0, 0.1) is 6.92 Å². The van der Waals surface area contributed by atoms with E-state index in [2.05, 4.69) is 10.3 Å². The van der Waals surface area contributed by atoms with Gasteiger partial charge in [0.2, 0.25) is 5.91 Å². The maximum absolute atomic E-state index is 11.7. The Labute approximate surface area is 121 Å². The summed E-state index contributed by atoms with van der Waals surface area (Å²) in [5.74, 6) is 0.742. The highest BCUT2D eigenvalue weighted by Gasteiger charge is 2.08. The highest BCUT2D eigenvalue weighted by molar-refractivity contribution is 7.19. The van der Waals surface area contributed by atoms with Crippen LogP contribution in [0.2, 0.25) is 0 Å². The van der Waals surface area contributed by atoms with E-state index in [4.69, 9.17) is 10.5 Å². The third-order valence-corrected chi connectivity index (χ3v) is 3.54. The molecule has 0 aliphatic heterocycles. The zero-order valence-electron chi connectivity index (χ0n) is 11.3. The maximum atomic E-state index is 11.7. The van der Waals surface area contributed by atoms with Crippen LogP contribution in [0.3, 0.4) is 0 Å². The number of hydrogen-bond donors (Lipinski definition) is 2. The van der Waals surface area contributed by atoms with Crippen LogP contribution in [0.15, 0.2) is 30.3 Å². The second kappa shape index (κ2) is 6.91. The second-order valence-electron chi connectivity index (χ2n) is 4.28. The molecule has 0 aliphatic rings. The minimum atomic E-state index is -0.0737. The van der Waals surface area contributed by atoms with E-state index in [-0.39, 0.29) is 5.91 Å². The molecule has 1 aromatic carbocycles. The fourth-order valence-electron chi connectivity index (χ4n) is 1.58. The van der Waals surface area contributed by atoms with E-state index >= 15 is 0 Å². The summed E-state index contributed by atoms with van der Waals surface area (Å²) in [6, 6.07) is 9.54. The van der Waals surface area contributed by atoms with E-state index in [0.717, 1.165) is 11.4 Å². The molecule has 1 heterocycles. The molecule has 0 saturated carbocycles. The van der Waals surface area contributed by atoms with Gasteiger partial charge in [-0.1, -0.05) is 29.5 Å². The number of aryl methyl sites for hydroxylation is 1. The van der Waals surface area contributed by atoms with Gasteiger partial charge in [-0.2, -0.15) is 0 Å². The van der Waals surface area contributed by atoms with Crippen LogP contribution in [-0.4, -0.2) is 17.5 Å². The number of nitrogen functional groups attached to an aromatic ring is 1. The number of nitrogens with zero attached hydrogens (tertiary/aromatic N) is 1. The second-order valence-corrected chi connectivity index (χ2v) is 5.31. The monoisotopic (exact) mass is 291 g/mol. The summed E-state index contributed by atoms with van der Waals surface area (Å²) in [5.41, 5.74) is 6.44. The molecule has 20 heavy (non-hydrogen) atoms. The molecule has 2 aromatic rings. The van der Waals surface area contributed by atoms with E-state index in [1.54, 1.807) is 0 Å². The topological polar surface area (TPSA) is 77.2 Å². The molecule has 0 fully saturated rings. The molecular formula is C14H17N3O2S. The number of benzene rings is 1. The Balaban J connectivity index is 1.68. The van der Waals surface area contributed by atoms with Crippen LogP contribution >= 0.6 is 11.3 Å². The van der Waals surface area contributed by atoms with Crippen molar-refractivity contribution in [2.75, 3.05) is 17.7 Å². The van der Waals surface area contributed by atoms with Crippen molar-refractivity contribution in [1.29, 1.82) is 0 Å². The summed E-state index contributed by atoms with van der Waals surface area (Å²) < 4.78 is 5.52. The van der Waals surface area contributed by atoms with Gasteiger partial charge in [0, 0.05) is 6.42 Å². The predicted molar refractivity (Wildman–Crippen MR) is 81.1 cm³/mol. The maximum Gasteiger partial charge on any atom is 0.226 e. The highest BCUT2D eigenvalue weighted by atomic mass is 32.1. The van der Waals surface area contributed by atoms with Crippen molar-refractivity contribution >= 4 is 27.4 Å². The molecular weight excluding hydrogens is 274 g/mol. The number of carbonyl (C=O) groups is 1. The van der Waals surface area contributed by atoms with Crippen LogP contribution in [0.1, 0.15) is 18.5 Å². The summed E-state index contributed by atoms with van der Waals surface area (Å²) in [4.78, 5) is 15.9. The van der Waals surface area contributed by atoms with Gasteiger partial charge in [-0.05, 0) is 25.5 Å². The third kappa shape index (κ3) is 4.24. The quantitative estimate of drug-likeness (QED) is 0.802. The molecule has 0 spiro atoms. The lowest BCUT2D eigenvalue weighted by atomic mass is 10.3. The first-order valence-electron chi connectivity index (χ1n) is 6.36. The summed E-state index contributed by atoms with van der Waals surface area (Å²) in [6.45, 7) is 2.33. The normalized spacial score (nSPS) is 10.2. The number of ether oxygens (including phenoxy) is 1. The molecule has 3 N–H and O–H groups in total. The van der Waals surface area contributed by atoms with Crippen molar-refractivity contribution in [3.63, 3.8) is 0 Å². The van der Waals surface area contributed by atoms with Crippen molar-refractivity contribution in [3.8, 4) is 5.75 Å². The number of carbonyl (C=O) groups excluding carboxylic acids is 1. The van der Waals surface area contributed by atoms with Crippen molar-refractivity contribution < 1.29 is 9.53 Å². The predicted octanol–water partition coefficient (Wildman–Crippen LogP) is 2.83. The van der Waals surface area contributed by atoms with Gasteiger partial charge in [0.05, 0.1) is 12.3 Å². The summed E-state index contributed by atoms with van der Waals surface area (Å²) in [7, 11) is 0. The molecule has 2 rings (SSSR count). The first-order chi connectivity index (χ1) is 9.65. The number of hydrogen-bond acceptors (Lipinski definition) is 5. The average Bonchev–Trinajstić information content (AvgIpc) is 2.74. The lowest BCUT2D eigenvalue weighted by molar-refractivity contribution is -0.116. The van der Waals surface area contributed by atoms with Crippen LogP contribution in [0.5, 0.6) is 5.75 Å². The molecule has 5 nitrogen and oxygen atoms in total. The zero-order valence-corrected chi connectivity index (χ0v) is 12.1. The lowest BCUT2D eigenvalue weighted by Crippen LogP contribution is -2.12. The summed E-state index contributed by atoms with van der Waals surface area (Å²) in [6.07, 6.45) is 1.05. The largest absolute Gasteiger partial charge is 0.494 e. The summed E-state index contributed by atoms with van der Waals surface area (Å²) >= 11 is 1.28. The Bertz CT molecular complexity index is 550. The Hall–Kier alpha value is -2.08. The third-order valence-electron chi connectivity index (χ3n) is 2.64. The Morgan fingerprint density at radius 1 is 1.40 bits per heavy atom. The number of thiazole rings is 1. The number of rotatable bonds is 6. The van der Waals surface area contributed by atoms with Gasteiger partial charge in [0.25, 0.3) is 0 Å². The Morgan fingerprint density at radius 3 is 2.80 bits per heavy atom. The molecule has 106 valence electrons. The molecule has 1 aromatic heterocycles. The number of para-hydroxylation sites is 1. The van der Waals surface area contributed by atoms with Crippen LogP contribution in [-0.2, 0) is 4.79 Å². The van der Waals surface area contributed by atoms with Crippen LogP contribution in [0.4, 0.5) is 10.1 Å². The van der Waals surface area contributed by atoms with Gasteiger partial charge in [0.1, 0.15) is 10.8 Å². The average molecular weight is 291 g/mol. The van der Waals surface area contributed by atoms with Crippen molar-refractivity contribution in [1.82, 2.24) is 4.98 Å². The van der Waals surface area contributed by atoms with Crippen molar-refractivity contribution in [2.45, 2.75) is 19.8 Å². The smallest absolute Gasteiger partial charge is 0.226 e. The minimum Gasteiger partial charge on any atom is -0.494 e. The fourth-order valence-corrected chi connectivity index (χ4v) is 2.33.